The Balaban J connectivity index is 2.17. The standard InChI is InChI=1S/C19H17FN2O2/c1-3-12-6-4-5-7-15(12)21-17-11-18(19(23)24-2)22-16-9-8-13(20)10-14(16)17/h4-11H,3H2,1-2H3,(H,21,22). The number of fused-ring (bicyclic) bond motifs is 1. The van der Waals surface area contributed by atoms with E-state index < -0.39 is 5.97 Å². The summed E-state index contributed by atoms with van der Waals surface area (Å²) >= 11 is 0. The fourth-order valence-electron chi connectivity index (χ4n) is 2.61. The van der Waals surface area contributed by atoms with Crippen LogP contribution in [0, 0.1) is 5.82 Å². The number of carbonyl (C=O) groups is 1. The minimum atomic E-state index is -0.534. The Bertz CT molecular complexity index is 909. The molecule has 0 amide bonds. The van der Waals surface area contributed by atoms with Crippen LogP contribution in [0.1, 0.15) is 23.0 Å². The van der Waals surface area contributed by atoms with Gasteiger partial charge in [-0.3, -0.25) is 0 Å². The summed E-state index contributed by atoms with van der Waals surface area (Å²) in [5, 5.41) is 3.90. The van der Waals surface area contributed by atoms with Gasteiger partial charge in [-0.05, 0) is 42.3 Å². The first-order chi connectivity index (χ1) is 11.6. The number of para-hydroxylation sites is 1. The Morgan fingerprint density at radius 2 is 1.96 bits per heavy atom. The molecule has 3 aromatic rings. The highest BCUT2D eigenvalue weighted by atomic mass is 19.1. The molecule has 24 heavy (non-hydrogen) atoms. The lowest BCUT2D eigenvalue weighted by Gasteiger charge is -2.14. The zero-order valence-corrected chi connectivity index (χ0v) is 13.5. The van der Waals surface area contributed by atoms with Crippen LogP contribution in [0.4, 0.5) is 15.8 Å². The van der Waals surface area contributed by atoms with Gasteiger partial charge >= 0.3 is 5.97 Å². The highest BCUT2D eigenvalue weighted by Gasteiger charge is 2.14. The zero-order chi connectivity index (χ0) is 17.1. The van der Waals surface area contributed by atoms with Crippen molar-refractivity contribution in [2.24, 2.45) is 0 Å². The van der Waals surface area contributed by atoms with Crippen molar-refractivity contribution in [3.8, 4) is 0 Å². The number of halogens is 1. The average molecular weight is 324 g/mol. The molecular weight excluding hydrogens is 307 g/mol. The first-order valence-corrected chi connectivity index (χ1v) is 7.66. The van der Waals surface area contributed by atoms with Gasteiger partial charge in [0.2, 0.25) is 0 Å². The summed E-state index contributed by atoms with van der Waals surface area (Å²) < 4.78 is 18.4. The van der Waals surface area contributed by atoms with E-state index in [9.17, 15) is 9.18 Å². The molecule has 0 saturated heterocycles. The van der Waals surface area contributed by atoms with E-state index in [1.54, 1.807) is 12.1 Å². The number of aryl methyl sites for hydroxylation is 1. The second-order valence-corrected chi connectivity index (χ2v) is 5.34. The third-order valence-corrected chi connectivity index (χ3v) is 3.83. The van der Waals surface area contributed by atoms with Crippen LogP contribution in [0.5, 0.6) is 0 Å². The van der Waals surface area contributed by atoms with Crippen molar-refractivity contribution in [3.63, 3.8) is 0 Å². The van der Waals surface area contributed by atoms with Gasteiger partial charge in [0.05, 0.1) is 18.3 Å². The van der Waals surface area contributed by atoms with Gasteiger partial charge in [0, 0.05) is 11.1 Å². The van der Waals surface area contributed by atoms with E-state index in [2.05, 4.69) is 17.2 Å². The molecule has 0 atom stereocenters. The summed E-state index contributed by atoms with van der Waals surface area (Å²) in [4.78, 5) is 16.1. The lowest BCUT2D eigenvalue weighted by molar-refractivity contribution is 0.0594. The summed E-state index contributed by atoms with van der Waals surface area (Å²) in [6.45, 7) is 2.06. The van der Waals surface area contributed by atoms with E-state index in [1.165, 1.54) is 19.2 Å². The molecule has 1 heterocycles. The summed E-state index contributed by atoms with van der Waals surface area (Å²) in [5.41, 5.74) is 3.34. The molecule has 1 N–H and O–H groups in total. The van der Waals surface area contributed by atoms with Crippen LogP contribution in [0.15, 0.2) is 48.5 Å². The Kier molecular flexibility index (Phi) is 4.42. The van der Waals surface area contributed by atoms with Crippen molar-refractivity contribution < 1.29 is 13.9 Å². The molecule has 0 fully saturated rings. The number of pyridine rings is 1. The number of benzene rings is 2. The molecule has 5 heteroatoms. The van der Waals surface area contributed by atoms with E-state index in [-0.39, 0.29) is 11.5 Å². The Morgan fingerprint density at radius 1 is 1.17 bits per heavy atom. The fourth-order valence-corrected chi connectivity index (χ4v) is 2.61. The Morgan fingerprint density at radius 3 is 2.71 bits per heavy atom. The number of hydrogen-bond donors (Lipinski definition) is 1. The molecule has 3 rings (SSSR count). The molecule has 2 aromatic carbocycles. The van der Waals surface area contributed by atoms with E-state index in [0.717, 1.165) is 17.7 Å². The normalized spacial score (nSPS) is 10.6. The summed E-state index contributed by atoms with van der Waals surface area (Å²) in [6, 6.07) is 13.7. The molecule has 0 spiro atoms. The van der Waals surface area contributed by atoms with Gasteiger partial charge in [-0.25, -0.2) is 14.2 Å². The predicted octanol–water partition coefficient (Wildman–Crippen LogP) is 4.47. The van der Waals surface area contributed by atoms with Crippen molar-refractivity contribution >= 4 is 28.2 Å². The number of ether oxygens (including phenoxy) is 1. The van der Waals surface area contributed by atoms with Crippen molar-refractivity contribution in [2.45, 2.75) is 13.3 Å². The van der Waals surface area contributed by atoms with Gasteiger partial charge < -0.3 is 10.1 Å². The number of methoxy groups -OCH3 is 1. The number of esters is 1. The molecule has 0 radical (unpaired) electrons. The van der Waals surface area contributed by atoms with Crippen molar-refractivity contribution in [1.29, 1.82) is 0 Å². The van der Waals surface area contributed by atoms with Crippen molar-refractivity contribution in [2.75, 3.05) is 12.4 Å². The molecule has 122 valence electrons. The van der Waals surface area contributed by atoms with Crippen LogP contribution in [0.25, 0.3) is 10.9 Å². The topological polar surface area (TPSA) is 51.2 Å². The monoisotopic (exact) mass is 324 g/mol. The van der Waals surface area contributed by atoms with Gasteiger partial charge in [-0.2, -0.15) is 0 Å². The van der Waals surface area contributed by atoms with E-state index in [0.29, 0.717) is 16.6 Å². The van der Waals surface area contributed by atoms with E-state index in [4.69, 9.17) is 4.74 Å². The maximum atomic E-state index is 13.7. The van der Waals surface area contributed by atoms with Crippen molar-refractivity contribution in [1.82, 2.24) is 4.98 Å². The molecule has 0 unspecified atom stereocenters. The Labute approximate surface area is 139 Å². The number of nitrogens with one attached hydrogen (secondary N) is 1. The first-order valence-electron chi connectivity index (χ1n) is 7.66. The first kappa shape index (κ1) is 15.9. The molecule has 0 saturated carbocycles. The number of hydrogen-bond acceptors (Lipinski definition) is 4. The fraction of sp³-hybridized carbons (Fsp3) is 0.158. The quantitative estimate of drug-likeness (QED) is 0.720. The van der Waals surface area contributed by atoms with Gasteiger partial charge in [0.25, 0.3) is 0 Å². The number of carbonyl (C=O) groups excluding carboxylic acids is 1. The molecule has 1 aromatic heterocycles. The third kappa shape index (κ3) is 3.06. The second kappa shape index (κ2) is 6.66. The summed E-state index contributed by atoms with van der Waals surface area (Å²) in [6.07, 6.45) is 0.852. The molecule has 0 aliphatic rings. The van der Waals surface area contributed by atoms with Crippen LogP contribution in [-0.4, -0.2) is 18.1 Å². The zero-order valence-electron chi connectivity index (χ0n) is 13.5. The highest BCUT2D eigenvalue weighted by molar-refractivity contribution is 5.98. The molecule has 4 nitrogen and oxygen atoms in total. The van der Waals surface area contributed by atoms with Crippen LogP contribution in [0.3, 0.4) is 0 Å². The third-order valence-electron chi connectivity index (χ3n) is 3.83. The minimum absolute atomic E-state index is 0.174. The Hall–Kier alpha value is -2.95. The van der Waals surface area contributed by atoms with Gasteiger partial charge in [-0.1, -0.05) is 25.1 Å². The SMILES string of the molecule is CCc1ccccc1Nc1cc(C(=O)OC)nc2ccc(F)cc12. The summed E-state index contributed by atoms with van der Waals surface area (Å²) in [7, 11) is 1.30. The molecule has 0 aliphatic carbocycles. The van der Waals surface area contributed by atoms with E-state index >= 15 is 0 Å². The number of anilines is 2. The lowest BCUT2D eigenvalue weighted by atomic mass is 10.1. The lowest BCUT2D eigenvalue weighted by Crippen LogP contribution is -2.06. The smallest absolute Gasteiger partial charge is 0.356 e. The average Bonchev–Trinajstić information content (AvgIpc) is 2.61. The highest BCUT2D eigenvalue weighted by Crippen LogP contribution is 2.29. The number of aromatic nitrogens is 1. The van der Waals surface area contributed by atoms with Gasteiger partial charge in [0.15, 0.2) is 5.69 Å². The molecular formula is C19H17FN2O2. The second-order valence-electron chi connectivity index (χ2n) is 5.34. The molecule has 0 bridgehead atoms. The van der Waals surface area contributed by atoms with E-state index in [1.807, 2.05) is 24.3 Å². The van der Waals surface area contributed by atoms with Crippen LogP contribution in [0.2, 0.25) is 0 Å². The van der Waals surface area contributed by atoms with Crippen LogP contribution >= 0.6 is 0 Å². The maximum absolute atomic E-state index is 13.7. The minimum Gasteiger partial charge on any atom is -0.464 e. The van der Waals surface area contributed by atoms with Crippen LogP contribution in [-0.2, 0) is 11.2 Å². The van der Waals surface area contributed by atoms with Crippen LogP contribution < -0.4 is 5.32 Å². The maximum Gasteiger partial charge on any atom is 0.356 e. The molecule has 0 aliphatic heterocycles. The summed E-state index contributed by atoms with van der Waals surface area (Å²) in [5.74, 6) is -0.894. The van der Waals surface area contributed by atoms with Gasteiger partial charge in [-0.15, -0.1) is 0 Å². The van der Waals surface area contributed by atoms with Gasteiger partial charge in [0.1, 0.15) is 5.82 Å². The van der Waals surface area contributed by atoms with Crippen molar-refractivity contribution in [3.05, 3.63) is 65.6 Å². The largest absolute Gasteiger partial charge is 0.464 e. The number of nitrogens with zero attached hydrogens (tertiary/aromatic N) is 1. The predicted molar refractivity (Wildman–Crippen MR) is 92.1 cm³/mol. The number of rotatable bonds is 4.